The lowest BCUT2D eigenvalue weighted by atomic mass is 10.1. The van der Waals surface area contributed by atoms with Gasteiger partial charge in [-0.3, -0.25) is 4.79 Å². The van der Waals surface area contributed by atoms with E-state index in [1.54, 1.807) is 0 Å². The normalized spacial score (nSPS) is 11.2. The number of hydrogen-bond donors (Lipinski definition) is 1. The number of allylic oxidation sites excluding steroid dienone is 2. The summed E-state index contributed by atoms with van der Waals surface area (Å²) in [5.74, 6) is 0.256. The lowest BCUT2D eigenvalue weighted by Crippen LogP contribution is -2.05. The van der Waals surface area contributed by atoms with E-state index in [0.29, 0.717) is 12.8 Å². The molecule has 1 rings (SSSR count). The van der Waals surface area contributed by atoms with Crippen LogP contribution in [0.3, 0.4) is 0 Å². The Morgan fingerprint density at radius 1 is 1.33 bits per heavy atom. The van der Waals surface area contributed by atoms with E-state index in [0.717, 1.165) is 11.4 Å². The molecule has 0 aliphatic carbocycles. The summed E-state index contributed by atoms with van der Waals surface area (Å²) in [7, 11) is 0. The number of hydrogen-bond acceptors (Lipinski definition) is 2. The van der Waals surface area contributed by atoms with Crippen LogP contribution in [0.5, 0.6) is 0 Å². The van der Waals surface area contributed by atoms with Crippen LogP contribution in [0.25, 0.3) is 0 Å². The Labute approximate surface area is 91.0 Å². The van der Waals surface area contributed by atoms with E-state index in [9.17, 15) is 4.79 Å². The standard InChI is InChI=1S/C13H17NO/c1-3-11(10-13(15)4-2)14-12-8-6-5-7-9-12/h3,5-9,14H,4,10H2,1-2H3/b11-3+. The summed E-state index contributed by atoms with van der Waals surface area (Å²) in [5, 5.41) is 3.23. The summed E-state index contributed by atoms with van der Waals surface area (Å²) >= 11 is 0. The van der Waals surface area contributed by atoms with Crippen molar-refractivity contribution < 1.29 is 4.79 Å². The van der Waals surface area contributed by atoms with Crippen molar-refractivity contribution in [2.75, 3.05) is 5.32 Å². The van der Waals surface area contributed by atoms with Crippen molar-refractivity contribution in [3.63, 3.8) is 0 Å². The zero-order chi connectivity index (χ0) is 11.1. The number of carbonyl (C=O) groups excluding carboxylic acids is 1. The Balaban J connectivity index is 2.59. The zero-order valence-electron chi connectivity index (χ0n) is 9.29. The van der Waals surface area contributed by atoms with Crippen LogP contribution >= 0.6 is 0 Å². The summed E-state index contributed by atoms with van der Waals surface area (Å²) < 4.78 is 0. The monoisotopic (exact) mass is 203 g/mol. The molecule has 0 heterocycles. The molecule has 2 heteroatoms. The van der Waals surface area contributed by atoms with Crippen LogP contribution in [0.1, 0.15) is 26.7 Å². The Morgan fingerprint density at radius 2 is 2.00 bits per heavy atom. The molecule has 1 aromatic carbocycles. The van der Waals surface area contributed by atoms with Crippen molar-refractivity contribution in [1.29, 1.82) is 0 Å². The highest BCUT2D eigenvalue weighted by atomic mass is 16.1. The minimum Gasteiger partial charge on any atom is -0.359 e. The molecule has 0 saturated heterocycles. The first-order valence-corrected chi connectivity index (χ1v) is 5.25. The highest BCUT2D eigenvalue weighted by Crippen LogP contribution is 2.12. The molecule has 0 fully saturated rings. The van der Waals surface area contributed by atoms with Gasteiger partial charge in [0.15, 0.2) is 0 Å². The van der Waals surface area contributed by atoms with E-state index in [2.05, 4.69) is 5.32 Å². The van der Waals surface area contributed by atoms with Crippen LogP contribution in [-0.4, -0.2) is 5.78 Å². The van der Waals surface area contributed by atoms with Gasteiger partial charge in [0.2, 0.25) is 0 Å². The van der Waals surface area contributed by atoms with Crippen LogP contribution in [-0.2, 0) is 4.79 Å². The number of rotatable bonds is 5. The summed E-state index contributed by atoms with van der Waals surface area (Å²) in [6, 6.07) is 9.88. The van der Waals surface area contributed by atoms with E-state index in [4.69, 9.17) is 0 Å². The fraction of sp³-hybridized carbons (Fsp3) is 0.308. The topological polar surface area (TPSA) is 29.1 Å². The molecule has 0 radical (unpaired) electrons. The molecule has 0 spiro atoms. The molecule has 0 bridgehead atoms. The van der Waals surface area contributed by atoms with E-state index in [1.807, 2.05) is 50.3 Å². The Bertz CT molecular complexity index is 341. The number of carbonyl (C=O) groups is 1. The van der Waals surface area contributed by atoms with Crippen LogP contribution in [0, 0.1) is 0 Å². The zero-order valence-corrected chi connectivity index (χ0v) is 9.29. The second-order valence-electron chi connectivity index (χ2n) is 3.37. The molecule has 1 aromatic rings. The van der Waals surface area contributed by atoms with Crippen LogP contribution in [0.2, 0.25) is 0 Å². The fourth-order valence-corrected chi connectivity index (χ4v) is 1.26. The van der Waals surface area contributed by atoms with Crippen molar-refractivity contribution in [1.82, 2.24) is 0 Å². The van der Waals surface area contributed by atoms with E-state index in [1.165, 1.54) is 0 Å². The number of Topliss-reactive ketones (excluding diaryl/α,β-unsaturated/α-hetero) is 1. The molecule has 15 heavy (non-hydrogen) atoms. The first-order valence-electron chi connectivity index (χ1n) is 5.25. The lowest BCUT2D eigenvalue weighted by molar-refractivity contribution is -0.118. The molecule has 0 atom stereocenters. The lowest BCUT2D eigenvalue weighted by Gasteiger charge is -2.09. The first-order chi connectivity index (χ1) is 7.26. The molecule has 1 N–H and O–H groups in total. The Hall–Kier alpha value is -1.57. The number of benzene rings is 1. The van der Waals surface area contributed by atoms with Gasteiger partial charge in [0.05, 0.1) is 0 Å². The maximum Gasteiger partial charge on any atom is 0.138 e. The summed E-state index contributed by atoms with van der Waals surface area (Å²) in [4.78, 5) is 11.3. The van der Waals surface area contributed by atoms with Gasteiger partial charge in [0.1, 0.15) is 5.78 Å². The highest BCUT2D eigenvalue weighted by molar-refractivity contribution is 5.81. The summed E-state index contributed by atoms with van der Waals surface area (Å²) in [6.07, 6.45) is 3.02. The molecule has 0 saturated carbocycles. The Morgan fingerprint density at radius 3 is 2.53 bits per heavy atom. The molecule has 0 aliphatic heterocycles. The molecule has 0 aromatic heterocycles. The average Bonchev–Trinajstić information content (AvgIpc) is 2.29. The van der Waals surface area contributed by atoms with E-state index < -0.39 is 0 Å². The predicted molar refractivity (Wildman–Crippen MR) is 63.7 cm³/mol. The predicted octanol–water partition coefficient (Wildman–Crippen LogP) is 3.37. The second kappa shape index (κ2) is 6.02. The van der Waals surface area contributed by atoms with Gasteiger partial charge in [-0.15, -0.1) is 0 Å². The third kappa shape index (κ3) is 3.98. The van der Waals surface area contributed by atoms with Gasteiger partial charge >= 0.3 is 0 Å². The molecule has 80 valence electrons. The molecule has 2 nitrogen and oxygen atoms in total. The maximum atomic E-state index is 11.3. The third-order valence-electron chi connectivity index (χ3n) is 2.21. The average molecular weight is 203 g/mol. The van der Waals surface area contributed by atoms with Crippen LogP contribution in [0.15, 0.2) is 42.1 Å². The third-order valence-corrected chi connectivity index (χ3v) is 2.21. The number of para-hydroxylation sites is 1. The van der Waals surface area contributed by atoms with Crippen molar-refractivity contribution in [2.45, 2.75) is 26.7 Å². The van der Waals surface area contributed by atoms with Gasteiger partial charge in [-0.05, 0) is 19.1 Å². The quantitative estimate of drug-likeness (QED) is 0.795. The van der Waals surface area contributed by atoms with Crippen LogP contribution in [0.4, 0.5) is 5.69 Å². The summed E-state index contributed by atoms with van der Waals surface area (Å²) in [5.41, 5.74) is 1.99. The molecule has 0 unspecified atom stereocenters. The van der Waals surface area contributed by atoms with Gasteiger partial charge in [-0.25, -0.2) is 0 Å². The Kier molecular flexibility index (Phi) is 4.61. The van der Waals surface area contributed by atoms with Gasteiger partial charge in [-0.2, -0.15) is 0 Å². The molecular weight excluding hydrogens is 186 g/mol. The van der Waals surface area contributed by atoms with E-state index >= 15 is 0 Å². The molecular formula is C13H17NO. The van der Waals surface area contributed by atoms with Gasteiger partial charge in [-0.1, -0.05) is 31.2 Å². The number of anilines is 1. The first kappa shape index (κ1) is 11.5. The van der Waals surface area contributed by atoms with Crippen molar-refractivity contribution >= 4 is 11.5 Å². The van der Waals surface area contributed by atoms with Crippen molar-refractivity contribution in [2.24, 2.45) is 0 Å². The second-order valence-corrected chi connectivity index (χ2v) is 3.37. The van der Waals surface area contributed by atoms with Crippen LogP contribution < -0.4 is 5.32 Å². The van der Waals surface area contributed by atoms with Crippen molar-refractivity contribution in [3.8, 4) is 0 Å². The maximum absolute atomic E-state index is 11.3. The number of nitrogens with one attached hydrogen (secondary N) is 1. The van der Waals surface area contributed by atoms with E-state index in [-0.39, 0.29) is 5.78 Å². The minimum atomic E-state index is 0.256. The summed E-state index contributed by atoms with van der Waals surface area (Å²) in [6.45, 7) is 3.83. The molecule has 0 aliphatic rings. The largest absolute Gasteiger partial charge is 0.359 e. The minimum absolute atomic E-state index is 0.256. The van der Waals surface area contributed by atoms with Gasteiger partial charge in [0, 0.05) is 24.2 Å². The van der Waals surface area contributed by atoms with Crippen molar-refractivity contribution in [3.05, 3.63) is 42.1 Å². The number of ketones is 1. The smallest absolute Gasteiger partial charge is 0.138 e. The van der Waals surface area contributed by atoms with Gasteiger partial charge < -0.3 is 5.32 Å². The fourth-order valence-electron chi connectivity index (χ4n) is 1.26. The van der Waals surface area contributed by atoms with Gasteiger partial charge in [0.25, 0.3) is 0 Å². The SMILES string of the molecule is C/C=C(\CC(=O)CC)Nc1ccccc1. The molecule has 0 amide bonds. The highest BCUT2D eigenvalue weighted by Gasteiger charge is 2.02.